The number of carbonyl (C=O) groups is 1. The van der Waals surface area contributed by atoms with Gasteiger partial charge in [-0.15, -0.1) is 0 Å². The Hall–Kier alpha value is -2.41. The smallest absolute Gasteiger partial charge is 0.277 e. The van der Waals surface area contributed by atoms with Crippen LogP contribution in [0.3, 0.4) is 0 Å². The van der Waals surface area contributed by atoms with E-state index in [4.69, 9.17) is 4.74 Å². The van der Waals surface area contributed by atoms with Gasteiger partial charge in [0.15, 0.2) is 10.8 Å². The number of rotatable bonds is 3. The number of fused-ring (bicyclic) bond motifs is 1. The number of amides is 1. The Bertz CT molecular complexity index is 802. The van der Waals surface area contributed by atoms with Crippen LogP contribution >= 0.6 is 11.3 Å². The molecule has 108 valence electrons. The number of anilines is 1. The molecule has 1 amide bonds. The van der Waals surface area contributed by atoms with Crippen LogP contribution in [0.2, 0.25) is 0 Å². The van der Waals surface area contributed by atoms with Crippen molar-refractivity contribution in [3.63, 3.8) is 0 Å². The van der Waals surface area contributed by atoms with E-state index in [1.807, 2.05) is 25.1 Å². The van der Waals surface area contributed by atoms with E-state index in [1.54, 1.807) is 24.9 Å². The molecular weight excluding hydrogens is 288 g/mol. The second-order valence-corrected chi connectivity index (χ2v) is 5.61. The van der Waals surface area contributed by atoms with E-state index in [9.17, 15) is 4.79 Å². The summed E-state index contributed by atoms with van der Waals surface area (Å²) < 4.78 is 7.89. The number of ether oxygens (including phenoxy) is 1. The number of hydrogen-bond donors (Lipinski definition) is 1. The standard InChI is InChI=1S/C14H14N4O2S/c1-8-7-9(17-18(8)2)13(19)16-14-15-12-10(20-3)5-4-6-11(12)21-14/h4-7H,1-3H3,(H,15,16,19). The average molecular weight is 302 g/mol. The summed E-state index contributed by atoms with van der Waals surface area (Å²) in [5.41, 5.74) is 2.05. The summed E-state index contributed by atoms with van der Waals surface area (Å²) >= 11 is 1.40. The minimum atomic E-state index is -0.267. The number of benzene rings is 1. The summed E-state index contributed by atoms with van der Waals surface area (Å²) in [4.78, 5) is 16.6. The predicted octanol–water partition coefficient (Wildman–Crippen LogP) is 2.60. The van der Waals surface area contributed by atoms with Gasteiger partial charge in [0, 0.05) is 12.7 Å². The van der Waals surface area contributed by atoms with Gasteiger partial charge in [-0.3, -0.25) is 14.8 Å². The van der Waals surface area contributed by atoms with E-state index in [0.29, 0.717) is 16.6 Å². The Morgan fingerprint density at radius 1 is 1.43 bits per heavy atom. The Kier molecular flexibility index (Phi) is 3.34. The van der Waals surface area contributed by atoms with Crippen molar-refractivity contribution in [2.24, 2.45) is 7.05 Å². The number of thiazole rings is 1. The van der Waals surface area contributed by atoms with Gasteiger partial charge < -0.3 is 4.74 Å². The van der Waals surface area contributed by atoms with Crippen molar-refractivity contribution in [2.75, 3.05) is 12.4 Å². The number of aryl methyl sites for hydroxylation is 2. The van der Waals surface area contributed by atoms with Gasteiger partial charge >= 0.3 is 0 Å². The van der Waals surface area contributed by atoms with Crippen molar-refractivity contribution >= 4 is 32.6 Å². The van der Waals surface area contributed by atoms with Crippen LogP contribution in [0.1, 0.15) is 16.2 Å². The van der Waals surface area contributed by atoms with Crippen LogP contribution in [0.25, 0.3) is 10.2 Å². The number of aromatic nitrogens is 3. The molecule has 2 aromatic heterocycles. The van der Waals surface area contributed by atoms with Gasteiger partial charge in [0.2, 0.25) is 0 Å². The first-order chi connectivity index (χ1) is 10.1. The maximum atomic E-state index is 12.2. The zero-order valence-corrected chi connectivity index (χ0v) is 12.7. The molecule has 1 N–H and O–H groups in total. The van der Waals surface area contributed by atoms with E-state index in [0.717, 1.165) is 15.9 Å². The van der Waals surface area contributed by atoms with Crippen molar-refractivity contribution in [1.82, 2.24) is 14.8 Å². The highest BCUT2D eigenvalue weighted by Gasteiger charge is 2.14. The number of para-hydroxylation sites is 1. The van der Waals surface area contributed by atoms with E-state index >= 15 is 0 Å². The van der Waals surface area contributed by atoms with E-state index in [2.05, 4.69) is 15.4 Å². The fourth-order valence-electron chi connectivity index (χ4n) is 1.97. The average Bonchev–Trinajstić information content (AvgIpc) is 3.02. The lowest BCUT2D eigenvalue weighted by molar-refractivity contribution is 0.102. The van der Waals surface area contributed by atoms with Crippen LogP contribution in [0, 0.1) is 6.92 Å². The summed E-state index contributed by atoms with van der Waals surface area (Å²) in [5, 5.41) is 7.46. The molecule has 0 saturated heterocycles. The monoisotopic (exact) mass is 302 g/mol. The van der Waals surface area contributed by atoms with E-state index in [1.165, 1.54) is 11.3 Å². The maximum absolute atomic E-state index is 12.2. The van der Waals surface area contributed by atoms with E-state index in [-0.39, 0.29) is 5.91 Å². The molecule has 0 saturated carbocycles. The first kappa shape index (κ1) is 13.6. The molecule has 2 heterocycles. The molecule has 0 aliphatic carbocycles. The first-order valence-electron chi connectivity index (χ1n) is 6.34. The summed E-state index contributed by atoms with van der Waals surface area (Å²) in [6.45, 7) is 1.90. The third-order valence-corrected chi connectivity index (χ3v) is 4.10. The van der Waals surface area contributed by atoms with Gasteiger partial charge in [-0.05, 0) is 25.1 Å². The quantitative estimate of drug-likeness (QED) is 0.807. The van der Waals surface area contributed by atoms with Crippen LogP contribution in [-0.4, -0.2) is 27.8 Å². The van der Waals surface area contributed by atoms with Gasteiger partial charge in [-0.2, -0.15) is 5.10 Å². The van der Waals surface area contributed by atoms with Crippen LogP contribution in [0.15, 0.2) is 24.3 Å². The summed E-state index contributed by atoms with van der Waals surface area (Å²) in [6, 6.07) is 7.42. The molecule has 6 nitrogen and oxygen atoms in total. The molecule has 21 heavy (non-hydrogen) atoms. The topological polar surface area (TPSA) is 69.0 Å². The number of carbonyl (C=O) groups excluding carboxylic acids is 1. The molecule has 0 unspecified atom stereocenters. The number of nitrogens with zero attached hydrogens (tertiary/aromatic N) is 3. The third kappa shape index (κ3) is 2.47. The lowest BCUT2D eigenvalue weighted by atomic mass is 10.3. The van der Waals surface area contributed by atoms with Crippen LogP contribution < -0.4 is 10.1 Å². The van der Waals surface area contributed by atoms with Crippen molar-refractivity contribution in [1.29, 1.82) is 0 Å². The van der Waals surface area contributed by atoms with Gasteiger partial charge in [0.25, 0.3) is 5.91 Å². The van der Waals surface area contributed by atoms with Crippen molar-refractivity contribution in [3.05, 3.63) is 35.7 Å². The molecule has 0 bridgehead atoms. The van der Waals surface area contributed by atoms with Gasteiger partial charge in [-0.25, -0.2) is 4.98 Å². The fourth-order valence-corrected chi connectivity index (χ4v) is 2.85. The lowest BCUT2D eigenvalue weighted by Gasteiger charge is -1.98. The molecule has 7 heteroatoms. The number of nitrogens with one attached hydrogen (secondary N) is 1. The van der Waals surface area contributed by atoms with Crippen LogP contribution in [0.5, 0.6) is 5.75 Å². The normalized spacial score (nSPS) is 10.8. The maximum Gasteiger partial charge on any atom is 0.277 e. The SMILES string of the molecule is COc1cccc2sc(NC(=O)c3cc(C)n(C)n3)nc12. The number of methoxy groups -OCH3 is 1. The highest BCUT2D eigenvalue weighted by Crippen LogP contribution is 2.32. The lowest BCUT2D eigenvalue weighted by Crippen LogP contribution is -2.12. The van der Waals surface area contributed by atoms with E-state index < -0.39 is 0 Å². The Morgan fingerprint density at radius 3 is 2.90 bits per heavy atom. The zero-order chi connectivity index (χ0) is 15.0. The van der Waals surface area contributed by atoms with Gasteiger partial charge in [0.1, 0.15) is 11.3 Å². The molecule has 0 atom stereocenters. The predicted molar refractivity (Wildman–Crippen MR) is 82.1 cm³/mol. The largest absolute Gasteiger partial charge is 0.494 e. The second-order valence-electron chi connectivity index (χ2n) is 4.57. The molecule has 1 aromatic carbocycles. The van der Waals surface area contributed by atoms with Gasteiger partial charge in [0.05, 0.1) is 11.8 Å². The summed E-state index contributed by atoms with van der Waals surface area (Å²) in [5.74, 6) is 0.426. The third-order valence-electron chi connectivity index (χ3n) is 3.17. The number of hydrogen-bond acceptors (Lipinski definition) is 5. The Morgan fingerprint density at radius 2 is 2.24 bits per heavy atom. The zero-order valence-electron chi connectivity index (χ0n) is 11.9. The highest BCUT2D eigenvalue weighted by molar-refractivity contribution is 7.22. The minimum Gasteiger partial charge on any atom is -0.494 e. The summed E-state index contributed by atoms with van der Waals surface area (Å²) in [7, 11) is 3.40. The molecule has 3 aromatic rings. The second kappa shape index (κ2) is 5.17. The highest BCUT2D eigenvalue weighted by atomic mass is 32.1. The summed E-state index contributed by atoms with van der Waals surface area (Å²) in [6.07, 6.45) is 0. The van der Waals surface area contributed by atoms with Crippen molar-refractivity contribution in [2.45, 2.75) is 6.92 Å². The molecule has 0 aliphatic rings. The Balaban J connectivity index is 1.89. The van der Waals surface area contributed by atoms with Crippen molar-refractivity contribution < 1.29 is 9.53 Å². The van der Waals surface area contributed by atoms with Crippen molar-refractivity contribution in [3.8, 4) is 5.75 Å². The first-order valence-corrected chi connectivity index (χ1v) is 7.15. The minimum absolute atomic E-state index is 0.267. The Labute approximate surface area is 125 Å². The van der Waals surface area contributed by atoms with Crippen LogP contribution in [0.4, 0.5) is 5.13 Å². The molecule has 0 fully saturated rings. The molecule has 0 spiro atoms. The molecule has 0 radical (unpaired) electrons. The molecular formula is C14H14N4O2S. The fraction of sp³-hybridized carbons (Fsp3) is 0.214. The molecule has 3 rings (SSSR count). The molecule has 0 aliphatic heterocycles. The van der Waals surface area contributed by atoms with Crippen LogP contribution in [-0.2, 0) is 7.05 Å². The van der Waals surface area contributed by atoms with Gasteiger partial charge in [-0.1, -0.05) is 17.4 Å².